The van der Waals surface area contributed by atoms with E-state index in [0.29, 0.717) is 17.4 Å². The van der Waals surface area contributed by atoms with Crippen LogP contribution in [0.15, 0.2) is 71.8 Å². The Morgan fingerprint density at radius 2 is 1.83 bits per heavy atom. The molecular formula is C22H18ClN3O4. The molecule has 0 saturated heterocycles. The summed E-state index contributed by atoms with van der Waals surface area (Å²) in [6.07, 6.45) is 1.48. The summed E-state index contributed by atoms with van der Waals surface area (Å²) in [6.45, 7) is 1.95. The van der Waals surface area contributed by atoms with Crippen LogP contribution in [-0.4, -0.2) is 17.0 Å². The molecule has 0 saturated carbocycles. The maximum atomic E-state index is 12.2. The summed E-state index contributed by atoms with van der Waals surface area (Å²) in [7, 11) is 0. The van der Waals surface area contributed by atoms with Crippen LogP contribution in [0.1, 0.15) is 27.0 Å². The lowest BCUT2D eigenvalue weighted by atomic mass is 10.1. The number of carbonyl (C=O) groups excluding carboxylic acids is 1. The molecule has 3 aromatic carbocycles. The number of ether oxygens (including phenoxy) is 1. The van der Waals surface area contributed by atoms with Gasteiger partial charge in [-0.3, -0.25) is 14.9 Å². The molecule has 0 spiro atoms. The van der Waals surface area contributed by atoms with Gasteiger partial charge in [0, 0.05) is 16.7 Å². The Balaban J connectivity index is 1.56. The van der Waals surface area contributed by atoms with Crippen molar-refractivity contribution in [1.82, 2.24) is 5.43 Å². The van der Waals surface area contributed by atoms with Gasteiger partial charge in [0.1, 0.15) is 12.4 Å². The smallest absolute Gasteiger partial charge is 0.273 e. The van der Waals surface area contributed by atoms with Crippen LogP contribution in [0.25, 0.3) is 0 Å². The van der Waals surface area contributed by atoms with Gasteiger partial charge in [0.15, 0.2) is 0 Å². The van der Waals surface area contributed by atoms with Crippen LogP contribution in [0.2, 0.25) is 5.02 Å². The molecule has 0 fully saturated rings. The van der Waals surface area contributed by atoms with Gasteiger partial charge in [-0.1, -0.05) is 29.8 Å². The van der Waals surface area contributed by atoms with Gasteiger partial charge >= 0.3 is 0 Å². The number of nitro benzene ring substituents is 1. The summed E-state index contributed by atoms with van der Waals surface area (Å²) in [5.41, 5.74) is 4.52. The number of nitrogens with zero attached hydrogens (tertiary/aromatic N) is 2. The number of rotatable bonds is 7. The van der Waals surface area contributed by atoms with Crippen molar-refractivity contribution in [1.29, 1.82) is 0 Å². The standard InChI is InChI=1S/C22H18ClN3O4/c1-15-20(3-2-4-21(15)26(28)29)22(27)25-24-13-16-7-11-19(12-8-16)30-14-17-5-9-18(23)10-6-17/h2-13H,14H2,1H3,(H,25,27)/b24-13-. The Hall–Kier alpha value is -3.71. The molecule has 0 aromatic heterocycles. The van der Waals surface area contributed by atoms with Crippen LogP contribution in [0.5, 0.6) is 5.75 Å². The quantitative estimate of drug-likeness (QED) is 0.332. The molecule has 8 heteroatoms. The second kappa shape index (κ2) is 9.67. The van der Waals surface area contributed by atoms with Gasteiger partial charge in [0.05, 0.1) is 16.7 Å². The van der Waals surface area contributed by atoms with Crippen molar-refractivity contribution in [2.75, 3.05) is 0 Å². The topological polar surface area (TPSA) is 93.8 Å². The molecule has 0 aliphatic carbocycles. The summed E-state index contributed by atoms with van der Waals surface area (Å²) in [6, 6.07) is 18.9. The monoisotopic (exact) mass is 423 g/mol. The lowest BCUT2D eigenvalue weighted by Gasteiger charge is -2.07. The third-order valence-electron chi connectivity index (χ3n) is 4.33. The number of carbonyl (C=O) groups is 1. The molecule has 0 radical (unpaired) electrons. The van der Waals surface area contributed by atoms with Crippen LogP contribution in [0, 0.1) is 17.0 Å². The first-order valence-electron chi connectivity index (χ1n) is 8.99. The zero-order chi connectivity index (χ0) is 21.5. The zero-order valence-electron chi connectivity index (χ0n) is 16.0. The van der Waals surface area contributed by atoms with Crippen LogP contribution < -0.4 is 10.2 Å². The van der Waals surface area contributed by atoms with Gasteiger partial charge in [0.2, 0.25) is 0 Å². The molecule has 0 unspecified atom stereocenters. The number of nitro groups is 1. The lowest BCUT2D eigenvalue weighted by molar-refractivity contribution is -0.385. The molecule has 0 heterocycles. The van der Waals surface area contributed by atoms with E-state index < -0.39 is 10.8 Å². The summed E-state index contributed by atoms with van der Waals surface area (Å²) < 4.78 is 5.72. The first-order chi connectivity index (χ1) is 14.4. The van der Waals surface area contributed by atoms with E-state index in [1.165, 1.54) is 31.3 Å². The minimum absolute atomic E-state index is 0.110. The Kier molecular flexibility index (Phi) is 6.77. The van der Waals surface area contributed by atoms with Gasteiger partial charge < -0.3 is 4.74 Å². The van der Waals surface area contributed by atoms with Crippen molar-refractivity contribution in [3.8, 4) is 5.75 Å². The number of hydrazone groups is 1. The van der Waals surface area contributed by atoms with Crippen molar-refractivity contribution in [2.24, 2.45) is 5.10 Å². The summed E-state index contributed by atoms with van der Waals surface area (Å²) in [4.78, 5) is 22.7. The number of hydrogen-bond acceptors (Lipinski definition) is 5. The third-order valence-corrected chi connectivity index (χ3v) is 4.58. The van der Waals surface area contributed by atoms with E-state index >= 15 is 0 Å². The van der Waals surface area contributed by atoms with Gasteiger partial charge in [-0.2, -0.15) is 5.10 Å². The lowest BCUT2D eigenvalue weighted by Crippen LogP contribution is -2.19. The van der Waals surface area contributed by atoms with Crippen molar-refractivity contribution in [3.05, 3.63) is 104 Å². The Morgan fingerprint density at radius 3 is 2.50 bits per heavy atom. The number of nitrogens with one attached hydrogen (secondary N) is 1. The summed E-state index contributed by atoms with van der Waals surface area (Å²) in [5.74, 6) is 0.175. The van der Waals surface area contributed by atoms with Crippen molar-refractivity contribution < 1.29 is 14.5 Å². The summed E-state index contributed by atoms with van der Waals surface area (Å²) >= 11 is 5.86. The average molecular weight is 424 g/mol. The predicted octanol–water partition coefficient (Wildman–Crippen LogP) is 4.90. The number of hydrogen-bond donors (Lipinski definition) is 1. The maximum absolute atomic E-state index is 12.2. The molecule has 30 heavy (non-hydrogen) atoms. The van der Waals surface area contributed by atoms with Crippen molar-refractivity contribution in [3.63, 3.8) is 0 Å². The highest BCUT2D eigenvalue weighted by molar-refractivity contribution is 6.30. The Labute approximate surface area is 178 Å². The van der Waals surface area contributed by atoms with E-state index in [1.807, 2.05) is 24.3 Å². The highest BCUT2D eigenvalue weighted by Crippen LogP contribution is 2.21. The molecule has 7 nitrogen and oxygen atoms in total. The first-order valence-corrected chi connectivity index (χ1v) is 9.36. The van der Waals surface area contributed by atoms with E-state index in [4.69, 9.17) is 16.3 Å². The minimum atomic E-state index is -0.522. The predicted molar refractivity (Wildman–Crippen MR) is 115 cm³/mol. The van der Waals surface area contributed by atoms with Crippen LogP contribution in [0.4, 0.5) is 5.69 Å². The minimum Gasteiger partial charge on any atom is -0.489 e. The summed E-state index contributed by atoms with van der Waals surface area (Å²) in [5, 5.41) is 15.6. The van der Waals surface area contributed by atoms with Gasteiger partial charge in [-0.25, -0.2) is 5.43 Å². The molecule has 0 aliphatic rings. The second-order valence-corrected chi connectivity index (χ2v) is 6.83. The molecule has 1 amide bonds. The van der Waals surface area contributed by atoms with E-state index in [9.17, 15) is 14.9 Å². The van der Waals surface area contributed by atoms with E-state index in [1.54, 1.807) is 24.3 Å². The zero-order valence-corrected chi connectivity index (χ0v) is 16.8. The highest BCUT2D eigenvalue weighted by Gasteiger charge is 2.17. The molecule has 3 aromatic rings. The van der Waals surface area contributed by atoms with Crippen molar-refractivity contribution in [2.45, 2.75) is 13.5 Å². The molecule has 0 aliphatic heterocycles. The maximum Gasteiger partial charge on any atom is 0.273 e. The second-order valence-electron chi connectivity index (χ2n) is 6.39. The van der Waals surface area contributed by atoms with Gasteiger partial charge in [-0.05, 0) is 60.5 Å². The van der Waals surface area contributed by atoms with E-state index in [2.05, 4.69) is 10.5 Å². The molecule has 0 atom stereocenters. The number of amides is 1. The molecule has 152 valence electrons. The fraction of sp³-hybridized carbons (Fsp3) is 0.0909. The van der Waals surface area contributed by atoms with Gasteiger partial charge in [-0.15, -0.1) is 0 Å². The number of halogens is 1. The SMILES string of the molecule is Cc1c(C(=O)N/N=C\c2ccc(OCc3ccc(Cl)cc3)cc2)cccc1[N+](=O)[O-]. The van der Waals surface area contributed by atoms with Crippen LogP contribution in [-0.2, 0) is 6.61 Å². The Bertz CT molecular complexity index is 1080. The fourth-order valence-corrected chi connectivity index (χ4v) is 2.82. The normalized spacial score (nSPS) is 10.7. The largest absolute Gasteiger partial charge is 0.489 e. The third kappa shape index (κ3) is 5.42. The van der Waals surface area contributed by atoms with E-state index in [0.717, 1.165) is 11.1 Å². The average Bonchev–Trinajstić information content (AvgIpc) is 2.74. The van der Waals surface area contributed by atoms with Crippen LogP contribution in [0.3, 0.4) is 0 Å². The van der Waals surface area contributed by atoms with Gasteiger partial charge in [0.25, 0.3) is 11.6 Å². The highest BCUT2D eigenvalue weighted by atomic mass is 35.5. The molecular weight excluding hydrogens is 406 g/mol. The van der Waals surface area contributed by atoms with Crippen molar-refractivity contribution >= 4 is 29.4 Å². The van der Waals surface area contributed by atoms with E-state index in [-0.39, 0.29) is 16.8 Å². The van der Waals surface area contributed by atoms with Crippen LogP contribution >= 0.6 is 11.6 Å². The molecule has 0 bridgehead atoms. The Morgan fingerprint density at radius 1 is 1.13 bits per heavy atom. The molecule has 3 rings (SSSR count). The number of benzene rings is 3. The first kappa shape index (κ1) is 21.0. The molecule has 1 N–H and O–H groups in total. The fourth-order valence-electron chi connectivity index (χ4n) is 2.69.